The topological polar surface area (TPSA) is 65.0 Å². The third kappa shape index (κ3) is 4.34. The van der Waals surface area contributed by atoms with Crippen molar-refractivity contribution >= 4 is 22.7 Å². The molecule has 1 aliphatic rings. The zero-order valence-corrected chi connectivity index (χ0v) is 18.4. The van der Waals surface area contributed by atoms with Crippen LogP contribution in [0, 0.1) is 6.92 Å². The first kappa shape index (κ1) is 20.2. The summed E-state index contributed by atoms with van der Waals surface area (Å²) < 4.78 is 14.1. The number of para-hydroxylation sites is 2. The molecule has 0 bridgehead atoms. The van der Waals surface area contributed by atoms with Crippen LogP contribution in [0.1, 0.15) is 18.4 Å². The SMILES string of the molecule is Cc1ccccc1OCCSc1nnc(-c2c[nH]c3ccccc23)n1CC1CCCO1. The van der Waals surface area contributed by atoms with Crippen molar-refractivity contribution in [3.8, 4) is 17.1 Å². The van der Waals surface area contributed by atoms with Crippen LogP contribution in [-0.4, -0.2) is 44.8 Å². The first-order chi connectivity index (χ1) is 15.3. The van der Waals surface area contributed by atoms with E-state index in [1.54, 1.807) is 11.8 Å². The fraction of sp³-hybridized carbons (Fsp3) is 0.333. The molecule has 4 aromatic rings. The van der Waals surface area contributed by atoms with Gasteiger partial charge >= 0.3 is 0 Å². The molecule has 5 rings (SSSR count). The maximum Gasteiger partial charge on any atom is 0.191 e. The quantitative estimate of drug-likeness (QED) is 0.309. The van der Waals surface area contributed by atoms with Gasteiger partial charge in [0.2, 0.25) is 0 Å². The maximum absolute atomic E-state index is 5.96. The minimum absolute atomic E-state index is 0.211. The summed E-state index contributed by atoms with van der Waals surface area (Å²) in [5, 5.41) is 11.2. The summed E-state index contributed by atoms with van der Waals surface area (Å²) in [7, 11) is 0. The van der Waals surface area contributed by atoms with Crippen LogP contribution in [0.25, 0.3) is 22.3 Å². The Morgan fingerprint density at radius 3 is 2.90 bits per heavy atom. The minimum atomic E-state index is 0.211. The van der Waals surface area contributed by atoms with Gasteiger partial charge in [-0.3, -0.25) is 4.57 Å². The van der Waals surface area contributed by atoms with E-state index in [-0.39, 0.29) is 6.10 Å². The van der Waals surface area contributed by atoms with E-state index in [1.807, 2.05) is 30.5 Å². The van der Waals surface area contributed by atoms with E-state index in [0.717, 1.165) is 70.5 Å². The molecule has 0 spiro atoms. The van der Waals surface area contributed by atoms with Crippen LogP contribution in [0.3, 0.4) is 0 Å². The molecule has 0 aliphatic carbocycles. The van der Waals surface area contributed by atoms with Crippen LogP contribution in [0.5, 0.6) is 5.75 Å². The van der Waals surface area contributed by atoms with E-state index >= 15 is 0 Å². The standard InChI is InChI=1S/C24H26N4O2S/c1-17-7-2-5-11-22(17)30-13-14-31-24-27-26-23(28(24)16-18-8-6-12-29-18)20-15-25-21-10-4-3-9-19(20)21/h2-5,7,9-11,15,18,25H,6,8,12-14,16H2,1H3. The molecule has 1 saturated heterocycles. The molecule has 2 aromatic carbocycles. The first-order valence-corrected chi connectivity index (χ1v) is 11.7. The van der Waals surface area contributed by atoms with Gasteiger partial charge in [-0.1, -0.05) is 48.2 Å². The highest BCUT2D eigenvalue weighted by molar-refractivity contribution is 7.99. The number of nitrogens with zero attached hydrogens (tertiary/aromatic N) is 3. The van der Waals surface area contributed by atoms with E-state index in [0.29, 0.717) is 6.61 Å². The molecule has 1 N–H and O–H groups in total. The van der Waals surface area contributed by atoms with Crippen molar-refractivity contribution in [2.75, 3.05) is 19.0 Å². The van der Waals surface area contributed by atoms with Gasteiger partial charge < -0.3 is 14.5 Å². The average Bonchev–Trinajstić information content (AvgIpc) is 3.53. The third-order valence-electron chi connectivity index (χ3n) is 5.62. The van der Waals surface area contributed by atoms with Crippen LogP contribution in [-0.2, 0) is 11.3 Å². The van der Waals surface area contributed by atoms with Crippen molar-refractivity contribution in [1.29, 1.82) is 0 Å². The second-order valence-corrected chi connectivity index (χ2v) is 8.82. The lowest BCUT2D eigenvalue weighted by molar-refractivity contribution is 0.0953. The van der Waals surface area contributed by atoms with Gasteiger partial charge in [-0.25, -0.2) is 0 Å². The zero-order valence-electron chi connectivity index (χ0n) is 17.6. The number of hydrogen-bond acceptors (Lipinski definition) is 5. The Kier molecular flexibility index (Phi) is 5.95. The number of benzene rings is 2. The Labute approximate surface area is 186 Å². The van der Waals surface area contributed by atoms with Gasteiger partial charge in [0, 0.05) is 35.0 Å². The van der Waals surface area contributed by atoms with Crippen molar-refractivity contribution in [3.05, 3.63) is 60.3 Å². The zero-order chi connectivity index (χ0) is 21.0. The van der Waals surface area contributed by atoms with Gasteiger partial charge in [0.25, 0.3) is 0 Å². The van der Waals surface area contributed by atoms with E-state index < -0.39 is 0 Å². The molecule has 1 fully saturated rings. The van der Waals surface area contributed by atoms with Crippen LogP contribution in [0.2, 0.25) is 0 Å². The molecule has 6 nitrogen and oxygen atoms in total. The minimum Gasteiger partial charge on any atom is -0.492 e. The molecule has 3 heterocycles. The lowest BCUT2D eigenvalue weighted by Crippen LogP contribution is -2.17. The molecule has 7 heteroatoms. The van der Waals surface area contributed by atoms with E-state index in [1.165, 1.54) is 0 Å². The molecule has 0 saturated carbocycles. The van der Waals surface area contributed by atoms with Crippen LogP contribution in [0.4, 0.5) is 0 Å². The summed E-state index contributed by atoms with van der Waals surface area (Å²) in [4.78, 5) is 3.35. The van der Waals surface area contributed by atoms with Crippen molar-refractivity contribution in [1.82, 2.24) is 19.7 Å². The van der Waals surface area contributed by atoms with E-state index in [2.05, 4.69) is 50.9 Å². The first-order valence-electron chi connectivity index (χ1n) is 10.7. The highest BCUT2D eigenvalue weighted by atomic mass is 32.2. The number of rotatable bonds is 8. The smallest absolute Gasteiger partial charge is 0.191 e. The van der Waals surface area contributed by atoms with Crippen molar-refractivity contribution in [3.63, 3.8) is 0 Å². The van der Waals surface area contributed by atoms with Gasteiger partial charge in [-0.05, 0) is 37.5 Å². The molecule has 2 aromatic heterocycles. The molecule has 1 atom stereocenters. The number of nitrogens with one attached hydrogen (secondary N) is 1. The van der Waals surface area contributed by atoms with Crippen molar-refractivity contribution < 1.29 is 9.47 Å². The van der Waals surface area contributed by atoms with Gasteiger partial charge in [-0.15, -0.1) is 10.2 Å². The summed E-state index contributed by atoms with van der Waals surface area (Å²) in [6.45, 7) is 4.28. The Morgan fingerprint density at radius 2 is 2.03 bits per heavy atom. The Bertz CT molecular complexity index is 1160. The monoisotopic (exact) mass is 434 g/mol. The van der Waals surface area contributed by atoms with Crippen molar-refractivity contribution in [2.24, 2.45) is 0 Å². The second-order valence-electron chi connectivity index (χ2n) is 7.76. The summed E-state index contributed by atoms with van der Waals surface area (Å²) in [6, 6.07) is 16.4. The number of aromatic nitrogens is 4. The summed E-state index contributed by atoms with van der Waals surface area (Å²) in [5.41, 5.74) is 3.32. The molecule has 31 heavy (non-hydrogen) atoms. The fourth-order valence-corrected chi connectivity index (χ4v) is 4.78. The highest BCUT2D eigenvalue weighted by Gasteiger charge is 2.23. The van der Waals surface area contributed by atoms with Crippen LogP contribution in [0.15, 0.2) is 59.9 Å². The number of hydrogen-bond donors (Lipinski definition) is 1. The Balaban J connectivity index is 1.36. The van der Waals surface area contributed by atoms with E-state index in [9.17, 15) is 0 Å². The predicted octanol–water partition coefficient (Wildman–Crippen LogP) is 5.08. The molecule has 160 valence electrons. The average molecular weight is 435 g/mol. The third-order valence-corrected chi connectivity index (χ3v) is 6.55. The lowest BCUT2D eigenvalue weighted by atomic mass is 10.1. The van der Waals surface area contributed by atoms with Gasteiger partial charge in [0.05, 0.1) is 19.3 Å². The van der Waals surface area contributed by atoms with Crippen molar-refractivity contribution in [2.45, 2.75) is 37.6 Å². The van der Waals surface area contributed by atoms with Gasteiger partial charge in [0.1, 0.15) is 5.75 Å². The summed E-state index contributed by atoms with van der Waals surface area (Å²) in [6.07, 6.45) is 4.42. The largest absolute Gasteiger partial charge is 0.492 e. The number of fused-ring (bicyclic) bond motifs is 1. The number of H-pyrrole nitrogens is 1. The van der Waals surface area contributed by atoms with Crippen LogP contribution >= 0.6 is 11.8 Å². The predicted molar refractivity (Wildman–Crippen MR) is 124 cm³/mol. The van der Waals surface area contributed by atoms with Crippen LogP contribution < -0.4 is 4.74 Å². The Morgan fingerprint density at radius 1 is 1.16 bits per heavy atom. The molecule has 1 aliphatic heterocycles. The number of ether oxygens (including phenoxy) is 2. The molecular formula is C24H26N4O2S. The number of aryl methyl sites for hydroxylation is 1. The van der Waals surface area contributed by atoms with Gasteiger partial charge in [0.15, 0.2) is 11.0 Å². The molecule has 1 unspecified atom stereocenters. The summed E-state index contributed by atoms with van der Waals surface area (Å²) in [5.74, 6) is 2.62. The highest BCUT2D eigenvalue weighted by Crippen LogP contribution is 2.31. The number of thioether (sulfide) groups is 1. The second kappa shape index (κ2) is 9.16. The lowest BCUT2D eigenvalue weighted by Gasteiger charge is -2.14. The number of aromatic amines is 1. The summed E-state index contributed by atoms with van der Waals surface area (Å²) >= 11 is 1.68. The Hall–Kier alpha value is -2.77. The fourth-order valence-electron chi connectivity index (χ4n) is 4.01. The normalized spacial score (nSPS) is 16.2. The molecular weight excluding hydrogens is 408 g/mol. The molecule has 0 radical (unpaired) electrons. The van der Waals surface area contributed by atoms with E-state index in [4.69, 9.17) is 9.47 Å². The molecule has 0 amide bonds. The van der Waals surface area contributed by atoms with Gasteiger partial charge in [-0.2, -0.15) is 0 Å². The maximum atomic E-state index is 5.96.